The van der Waals surface area contributed by atoms with Crippen molar-refractivity contribution in [3.63, 3.8) is 0 Å². The second-order valence-corrected chi connectivity index (χ2v) is 12.6. The maximum Gasteiger partial charge on any atom is 0.247 e. The van der Waals surface area contributed by atoms with Crippen molar-refractivity contribution in [1.82, 2.24) is 20.0 Å². The molecule has 2 aromatic heterocycles. The predicted molar refractivity (Wildman–Crippen MR) is 145 cm³/mol. The lowest BCUT2D eigenvalue weighted by Crippen LogP contribution is -2.22. The Morgan fingerprint density at radius 2 is 1.82 bits per heavy atom. The van der Waals surface area contributed by atoms with Gasteiger partial charge in [0.05, 0.1) is 22.7 Å². The molecule has 1 atom stereocenters. The SMILES string of the molecule is Cc1nnc(-c2cccc(-c3nn(-c4ccc(F)cc4)c4cc(C(=O)CC5(C)CCS(=O)(=O)C5)ccc34)c2)o1. The molecule has 0 aliphatic carbocycles. The molecule has 0 spiro atoms. The van der Waals surface area contributed by atoms with Crippen LogP contribution < -0.4 is 0 Å². The predicted octanol–water partition coefficient (Wildman–Crippen LogP) is 5.59. The number of hydrogen-bond acceptors (Lipinski definition) is 7. The Hall–Kier alpha value is -4.18. The molecular formula is C29H25FN4O4S. The molecule has 0 radical (unpaired) electrons. The maximum absolute atomic E-state index is 13.7. The maximum atomic E-state index is 13.7. The Balaban J connectivity index is 1.45. The number of halogens is 1. The van der Waals surface area contributed by atoms with E-state index < -0.39 is 15.3 Å². The van der Waals surface area contributed by atoms with Gasteiger partial charge in [-0.15, -0.1) is 10.2 Å². The molecule has 1 saturated heterocycles. The standard InChI is InChI=1S/C29H25FN4O4S/c1-18-31-32-28(38-18)21-5-3-4-20(14-21)27-24-11-6-19(26(35)16-29(2)12-13-39(36,37)17-29)15-25(24)34(33-27)23-9-7-22(30)8-10-23/h3-11,14-15H,12-13,16-17H2,1-2H3. The minimum Gasteiger partial charge on any atom is -0.421 e. The number of fused-ring (bicyclic) bond motifs is 1. The normalized spacial score (nSPS) is 18.5. The van der Waals surface area contributed by atoms with Crippen molar-refractivity contribution >= 4 is 26.5 Å². The van der Waals surface area contributed by atoms with Crippen molar-refractivity contribution in [1.29, 1.82) is 0 Å². The molecule has 39 heavy (non-hydrogen) atoms. The van der Waals surface area contributed by atoms with Gasteiger partial charge in [0.15, 0.2) is 15.6 Å². The molecule has 10 heteroatoms. The zero-order valence-electron chi connectivity index (χ0n) is 21.4. The molecule has 3 aromatic carbocycles. The first-order valence-corrected chi connectivity index (χ1v) is 14.3. The van der Waals surface area contributed by atoms with Gasteiger partial charge in [0.2, 0.25) is 11.8 Å². The van der Waals surface area contributed by atoms with Gasteiger partial charge in [-0.3, -0.25) is 4.79 Å². The van der Waals surface area contributed by atoms with E-state index >= 15 is 0 Å². The first kappa shape index (κ1) is 25.1. The monoisotopic (exact) mass is 544 g/mol. The fourth-order valence-electron chi connectivity index (χ4n) is 5.20. The largest absolute Gasteiger partial charge is 0.421 e. The van der Waals surface area contributed by atoms with Crippen LogP contribution in [0.2, 0.25) is 0 Å². The van der Waals surface area contributed by atoms with E-state index in [-0.39, 0.29) is 29.5 Å². The summed E-state index contributed by atoms with van der Waals surface area (Å²) in [5.41, 5.74) is 3.40. The van der Waals surface area contributed by atoms with Gasteiger partial charge in [0, 0.05) is 35.4 Å². The van der Waals surface area contributed by atoms with E-state index in [9.17, 15) is 17.6 Å². The zero-order chi connectivity index (χ0) is 27.4. The third-order valence-corrected chi connectivity index (χ3v) is 9.12. The number of aromatic nitrogens is 4. The van der Waals surface area contributed by atoms with Crippen LogP contribution in [0.3, 0.4) is 0 Å². The summed E-state index contributed by atoms with van der Waals surface area (Å²) in [4.78, 5) is 13.3. The van der Waals surface area contributed by atoms with Gasteiger partial charge < -0.3 is 4.42 Å². The van der Waals surface area contributed by atoms with E-state index in [0.29, 0.717) is 40.7 Å². The highest BCUT2D eigenvalue weighted by molar-refractivity contribution is 7.91. The van der Waals surface area contributed by atoms with Gasteiger partial charge in [0.25, 0.3) is 0 Å². The summed E-state index contributed by atoms with van der Waals surface area (Å²) >= 11 is 0. The highest BCUT2D eigenvalue weighted by atomic mass is 32.2. The minimum absolute atomic E-state index is 0.0154. The summed E-state index contributed by atoms with van der Waals surface area (Å²) in [7, 11) is -3.12. The van der Waals surface area contributed by atoms with Gasteiger partial charge >= 0.3 is 0 Å². The lowest BCUT2D eigenvalue weighted by atomic mass is 9.83. The van der Waals surface area contributed by atoms with E-state index in [2.05, 4.69) is 10.2 Å². The fourth-order valence-corrected chi connectivity index (χ4v) is 7.46. The molecule has 3 heterocycles. The second-order valence-electron chi connectivity index (χ2n) is 10.4. The highest BCUT2D eigenvalue weighted by Gasteiger charge is 2.40. The number of sulfone groups is 1. The fraction of sp³-hybridized carbons (Fsp3) is 0.241. The number of carbonyl (C=O) groups is 1. The molecule has 1 unspecified atom stereocenters. The summed E-state index contributed by atoms with van der Waals surface area (Å²) in [5, 5.41) is 13.7. The number of nitrogens with zero attached hydrogens (tertiary/aromatic N) is 4. The number of benzene rings is 3. The van der Waals surface area contributed by atoms with Gasteiger partial charge in [0.1, 0.15) is 11.5 Å². The van der Waals surface area contributed by atoms with Crippen LogP contribution in [0.1, 0.15) is 36.0 Å². The topological polar surface area (TPSA) is 108 Å². The minimum atomic E-state index is -3.12. The van der Waals surface area contributed by atoms with E-state index in [1.165, 1.54) is 12.1 Å². The molecule has 5 aromatic rings. The number of ketones is 1. The molecule has 0 bridgehead atoms. The van der Waals surface area contributed by atoms with Crippen molar-refractivity contribution in [3.8, 4) is 28.4 Å². The third-order valence-electron chi connectivity index (χ3n) is 7.16. The van der Waals surface area contributed by atoms with E-state index in [0.717, 1.165) is 16.5 Å². The summed E-state index contributed by atoms with van der Waals surface area (Å²) < 4.78 is 45.1. The smallest absolute Gasteiger partial charge is 0.247 e. The van der Waals surface area contributed by atoms with Crippen LogP contribution in [-0.2, 0) is 9.84 Å². The number of carbonyl (C=O) groups excluding carboxylic acids is 1. The lowest BCUT2D eigenvalue weighted by molar-refractivity contribution is 0.0934. The summed E-state index contributed by atoms with van der Waals surface area (Å²) in [6, 6.07) is 18.9. The van der Waals surface area contributed by atoms with Gasteiger partial charge in [-0.2, -0.15) is 5.10 Å². The Morgan fingerprint density at radius 3 is 2.51 bits per heavy atom. The van der Waals surface area contributed by atoms with Crippen molar-refractivity contribution < 1.29 is 22.0 Å². The highest BCUT2D eigenvalue weighted by Crippen LogP contribution is 2.37. The Morgan fingerprint density at radius 1 is 1.05 bits per heavy atom. The van der Waals surface area contributed by atoms with Crippen LogP contribution in [0, 0.1) is 18.2 Å². The van der Waals surface area contributed by atoms with Crippen molar-refractivity contribution in [3.05, 3.63) is 84.0 Å². The van der Waals surface area contributed by atoms with Crippen molar-refractivity contribution in [2.75, 3.05) is 11.5 Å². The van der Waals surface area contributed by atoms with Crippen LogP contribution in [-0.4, -0.2) is 45.7 Å². The molecule has 0 N–H and O–H groups in total. The van der Waals surface area contributed by atoms with E-state index in [1.807, 2.05) is 37.3 Å². The summed E-state index contributed by atoms with van der Waals surface area (Å²) in [6.45, 7) is 3.58. The molecule has 1 aliphatic rings. The van der Waals surface area contributed by atoms with Gasteiger partial charge in [-0.25, -0.2) is 17.5 Å². The second kappa shape index (κ2) is 9.23. The number of hydrogen-bond donors (Lipinski definition) is 0. The molecule has 0 saturated carbocycles. The average Bonchev–Trinajstić information content (AvgIpc) is 3.59. The van der Waals surface area contributed by atoms with Crippen LogP contribution in [0.5, 0.6) is 0 Å². The molecule has 6 rings (SSSR count). The first-order valence-electron chi connectivity index (χ1n) is 12.5. The van der Waals surface area contributed by atoms with Crippen LogP contribution in [0.4, 0.5) is 4.39 Å². The zero-order valence-corrected chi connectivity index (χ0v) is 22.2. The Kier molecular flexibility index (Phi) is 5.95. The lowest BCUT2D eigenvalue weighted by Gasteiger charge is -2.20. The Labute approximate surface area is 224 Å². The summed E-state index contributed by atoms with van der Waals surface area (Å²) in [6.07, 6.45) is 0.609. The summed E-state index contributed by atoms with van der Waals surface area (Å²) in [5.74, 6) is 0.488. The van der Waals surface area contributed by atoms with Crippen LogP contribution in [0.25, 0.3) is 39.3 Å². The van der Waals surface area contributed by atoms with Crippen molar-refractivity contribution in [2.24, 2.45) is 5.41 Å². The average molecular weight is 545 g/mol. The molecule has 0 amide bonds. The van der Waals surface area contributed by atoms with Crippen molar-refractivity contribution in [2.45, 2.75) is 26.7 Å². The number of Topliss-reactive ketones (excluding diaryl/α,β-unsaturated/α-hetero) is 1. The van der Waals surface area contributed by atoms with Crippen LogP contribution >= 0.6 is 0 Å². The molecule has 1 fully saturated rings. The molecular weight excluding hydrogens is 519 g/mol. The van der Waals surface area contributed by atoms with E-state index in [1.54, 1.807) is 35.9 Å². The van der Waals surface area contributed by atoms with Gasteiger partial charge in [-0.05, 0) is 60.4 Å². The molecule has 1 aliphatic heterocycles. The quantitative estimate of drug-likeness (QED) is 0.257. The van der Waals surface area contributed by atoms with Crippen LogP contribution in [0.15, 0.2) is 71.1 Å². The van der Waals surface area contributed by atoms with E-state index in [4.69, 9.17) is 9.52 Å². The third kappa shape index (κ3) is 4.87. The van der Waals surface area contributed by atoms with Gasteiger partial charge in [-0.1, -0.05) is 25.1 Å². The molecule has 198 valence electrons. The Bertz CT molecular complexity index is 1840. The number of rotatable bonds is 6. The number of aryl methyl sites for hydroxylation is 1. The molecule has 8 nitrogen and oxygen atoms in total. The first-order chi connectivity index (χ1) is 18.6.